The summed E-state index contributed by atoms with van der Waals surface area (Å²) in [6, 6.07) is 11.6. The topological polar surface area (TPSA) is 124 Å². The van der Waals surface area contributed by atoms with Crippen LogP contribution >= 0.6 is 0 Å². The van der Waals surface area contributed by atoms with Crippen LogP contribution in [0.3, 0.4) is 0 Å². The van der Waals surface area contributed by atoms with Crippen molar-refractivity contribution in [2.75, 3.05) is 12.8 Å². The van der Waals surface area contributed by atoms with E-state index in [4.69, 9.17) is 15.5 Å². The number of nitrogen functional groups attached to an aromatic ring is 1. The van der Waals surface area contributed by atoms with Gasteiger partial charge in [-0.2, -0.15) is 0 Å². The van der Waals surface area contributed by atoms with Gasteiger partial charge in [0.1, 0.15) is 34.4 Å². The molecule has 2 aliphatic rings. The summed E-state index contributed by atoms with van der Waals surface area (Å²) >= 11 is 0. The van der Waals surface area contributed by atoms with Crippen molar-refractivity contribution in [3.8, 4) is 28.8 Å². The number of methoxy groups -OCH3 is 1. The first-order valence-electron chi connectivity index (χ1n) is 13.9. The molecular weight excluding hydrogens is 535 g/mol. The summed E-state index contributed by atoms with van der Waals surface area (Å²) in [6.07, 6.45) is 7.95. The molecule has 4 N–H and O–H groups in total. The Morgan fingerprint density at radius 2 is 1.90 bits per heavy atom. The van der Waals surface area contributed by atoms with E-state index in [0.29, 0.717) is 5.82 Å². The van der Waals surface area contributed by atoms with Crippen molar-refractivity contribution in [1.82, 2.24) is 25.0 Å². The van der Waals surface area contributed by atoms with Crippen molar-refractivity contribution < 1.29 is 18.7 Å². The van der Waals surface area contributed by atoms with Crippen molar-refractivity contribution in [2.45, 2.75) is 56.5 Å². The fourth-order valence-corrected chi connectivity index (χ4v) is 6.62. The fraction of sp³-hybridized carbons (Fsp3) is 0.312. The van der Waals surface area contributed by atoms with Crippen molar-refractivity contribution in [3.05, 3.63) is 77.6 Å². The van der Waals surface area contributed by atoms with Crippen molar-refractivity contribution in [3.63, 3.8) is 0 Å². The number of nitrogens with one attached hydrogen (secondary N) is 2. The molecule has 0 saturated heterocycles. The van der Waals surface area contributed by atoms with E-state index in [0.717, 1.165) is 60.3 Å². The SMILES string of the molecule is CC#CC(=O)NC12CCC(c3nc(-c4ccc(CNC(=O)c5ccc(F)cc5OC)cc4)c4c(N)nccn34)(CC1)C2. The van der Waals surface area contributed by atoms with Gasteiger partial charge in [-0.15, -0.1) is 0 Å². The molecular formula is C32H31FN6O3. The lowest BCUT2D eigenvalue weighted by Gasteiger charge is -2.27. The lowest BCUT2D eigenvalue weighted by molar-refractivity contribution is -0.117. The normalized spacial score (nSPS) is 20.6. The number of nitrogens with zero attached hydrogens (tertiary/aromatic N) is 3. The van der Waals surface area contributed by atoms with Crippen LogP contribution in [0.4, 0.5) is 10.2 Å². The largest absolute Gasteiger partial charge is 0.496 e. The molecule has 2 aliphatic carbocycles. The van der Waals surface area contributed by atoms with E-state index >= 15 is 0 Å². The van der Waals surface area contributed by atoms with Gasteiger partial charge in [-0.25, -0.2) is 14.4 Å². The molecule has 4 aromatic rings. The average Bonchev–Trinajstić information content (AvgIpc) is 3.67. The lowest BCUT2D eigenvalue weighted by Crippen LogP contribution is -2.44. The van der Waals surface area contributed by atoms with Crippen LogP contribution in [0.2, 0.25) is 0 Å². The first-order valence-corrected chi connectivity index (χ1v) is 13.9. The number of carbonyl (C=O) groups is 2. The third-order valence-electron chi connectivity index (χ3n) is 8.60. The van der Waals surface area contributed by atoms with E-state index in [2.05, 4.69) is 31.9 Å². The molecule has 6 rings (SSSR count). The first-order chi connectivity index (χ1) is 20.3. The predicted molar refractivity (Wildman–Crippen MR) is 156 cm³/mol. The number of rotatable bonds is 7. The highest BCUT2D eigenvalue weighted by molar-refractivity contribution is 5.97. The average molecular weight is 567 g/mol. The second-order valence-electron chi connectivity index (χ2n) is 11.1. The zero-order valence-electron chi connectivity index (χ0n) is 23.5. The number of hydrogen-bond acceptors (Lipinski definition) is 6. The predicted octanol–water partition coefficient (Wildman–Crippen LogP) is 4.15. The number of fused-ring (bicyclic) bond motifs is 3. The number of benzene rings is 2. The van der Waals surface area contributed by atoms with Gasteiger partial charge in [0.05, 0.1) is 12.7 Å². The second-order valence-corrected chi connectivity index (χ2v) is 11.1. The number of imidazole rings is 1. The van der Waals surface area contributed by atoms with Crippen LogP contribution in [0.15, 0.2) is 54.9 Å². The molecule has 2 aromatic carbocycles. The minimum Gasteiger partial charge on any atom is -0.496 e. The Morgan fingerprint density at radius 1 is 1.14 bits per heavy atom. The highest BCUT2D eigenvalue weighted by Crippen LogP contribution is 2.57. The van der Waals surface area contributed by atoms with E-state index in [1.807, 2.05) is 30.5 Å². The molecule has 2 aromatic heterocycles. The molecule has 2 saturated carbocycles. The van der Waals surface area contributed by atoms with E-state index in [1.165, 1.54) is 25.3 Å². The summed E-state index contributed by atoms with van der Waals surface area (Å²) < 4.78 is 20.7. The number of aromatic nitrogens is 3. The Morgan fingerprint density at radius 3 is 2.62 bits per heavy atom. The van der Waals surface area contributed by atoms with Gasteiger partial charge in [-0.05, 0) is 62.6 Å². The quantitative estimate of drug-likeness (QED) is 0.289. The lowest BCUT2D eigenvalue weighted by atomic mass is 9.83. The van der Waals surface area contributed by atoms with Gasteiger partial charge < -0.3 is 21.1 Å². The van der Waals surface area contributed by atoms with Gasteiger partial charge in [0, 0.05) is 41.5 Å². The number of hydrogen-bond donors (Lipinski definition) is 3. The molecule has 42 heavy (non-hydrogen) atoms. The molecule has 0 unspecified atom stereocenters. The third-order valence-corrected chi connectivity index (χ3v) is 8.60. The molecule has 9 nitrogen and oxygen atoms in total. The van der Waals surface area contributed by atoms with E-state index in [1.54, 1.807) is 13.1 Å². The Hall–Kier alpha value is -4.91. The first kappa shape index (κ1) is 27.3. The maximum absolute atomic E-state index is 13.5. The zero-order chi connectivity index (χ0) is 29.5. The molecule has 0 aliphatic heterocycles. The van der Waals surface area contributed by atoms with Gasteiger partial charge in [-0.3, -0.25) is 14.0 Å². The van der Waals surface area contributed by atoms with Gasteiger partial charge in [0.25, 0.3) is 11.8 Å². The van der Waals surface area contributed by atoms with E-state index < -0.39 is 5.82 Å². The Balaban J connectivity index is 1.25. The summed E-state index contributed by atoms with van der Waals surface area (Å²) in [6.45, 7) is 1.94. The minimum atomic E-state index is -0.474. The number of nitrogens with two attached hydrogens (primary N) is 1. The number of ether oxygens (including phenoxy) is 1. The number of amides is 2. The third kappa shape index (κ3) is 4.71. The standard InChI is InChI=1S/C32H31FN6O3/c1-3-4-25(40)38-32-13-11-31(19-32,12-14-32)30-37-26(27-28(34)35-15-16-39(27)30)21-7-5-20(6-8-21)18-36-29(41)23-10-9-22(33)17-24(23)42-2/h5-10,15-17H,11-14,18-19H2,1-2H3,(H2,34,35)(H,36,41)(H,38,40). The zero-order valence-corrected chi connectivity index (χ0v) is 23.5. The molecule has 0 spiro atoms. The minimum absolute atomic E-state index is 0.176. The molecule has 2 bridgehead atoms. The second kappa shape index (κ2) is 10.5. The van der Waals surface area contributed by atoms with Crippen molar-refractivity contribution in [1.29, 1.82) is 0 Å². The number of carbonyl (C=O) groups excluding carboxylic acids is 2. The summed E-state index contributed by atoms with van der Waals surface area (Å²) in [5, 5.41) is 6.04. The van der Waals surface area contributed by atoms with Crippen LogP contribution in [0.1, 0.15) is 60.8 Å². The Bertz CT molecular complexity index is 1760. The monoisotopic (exact) mass is 566 g/mol. The van der Waals surface area contributed by atoms with Crippen LogP contribution in [0.25, 0.3) is 16.8 Å². The number of halogens is 1. The maximum atomic E-state index is 13.5. The van der Waals surface area contributed by atoms with Crippen LogP contribution in [-0.2, 0) is 16.8 Å². The Kier molecular flexibility index (Phi) is 6.81. The van der Waals surface area contributed by atoms with Gasteiger partial charge in [-0.1, -0.05) is 30.2 Å². The smallest absolute Gasteiger partial charge is 0.296 e. The molecule has 2 amide bonds. The highest BCUT2D eigenvalue weighted by Gasteiger charge is 2.57. The number of anilines is 1. The summed E-state index contributed by atoms with van der Waals surface area (Å²) in [7, 11) is 1.40. The molecule has 10 heteroatoms. The Labute approximate surface area is 242 Å². The summed E-state index contributed by atoms with van der Waals surface area (Å²) in [4.78, 5) is 34.6. The summed E-state index contributed by atoms with van der Waals surface area (Å²) in [5.41, 5.74) is 9.44. The molecule has 0 radical (unpaired) electrons. The highest BCUT2D eigenvalue weighted by atomic mass is 19.1. The summed E-state index contributed by atoms with van der Waals surface area (Å²) in [5.74, 6) is 5.73. The van der Waals surface area contributed by atoms with E-state index in [-0.39, 0.29) is 40.6 Å². The fourth-order valence-electron chi connectivity index (χ4n) is 6.62. The molecule has 2 fully saturated rings. The maximum Gasteiger partial charge on any atom is 0.296 e. The van der Waals surface area contributed by atoms with Crippen LogP contribution in [0.5, 0.6) is 5.75 Å². The van der Waals surface area contributed by atoms with Crippen LogP contribution in [-0.4, -0.2) is 38.8 Å². The molecule has 2 heterocycles. The van der Waals surface area contributed by atoms with Crippen molar-refractivity contribution >= 4 is 23.1 Å². The van der Waals surface area contributed by atoms with Crippen LogP contribution < -0.4 is 21.1 Å². The molecule has 0 atom stereocenters. The van der Waals surface area contributed by atoms with E-state index in [9.17, 15) is 14.0 Å². The molecule has 214 valence electrons. The van der Waals surface area contributed by atoms with Crippen molar-refractivity contribution in [2.24, 2.45) is 0 Å². The van der Waals surface area contributed by atoms with Crippen LogP contribution in [0, 0.1) is 17.7 Å². The van der Waals surface area contributed by atoms with Gasteiger partial charge in [0.15, 0.2) is 0 Å². The van der Waals surface area contributed by atoms with Gasteiger partial charge >= 0.3 is 0 Å². The van der Waals surface area contributed by atoms with Gasteiger partial charge in [0.2, 0.25) is 0 Å².